The number of hydrogen-bond acceptors (Lipinski definition) is 3. The van der Waals surface area contributed by atoms with Crippen molar-refractivity contribution in [3.63, 3.8) is 0 Å². The molecule has 0 radical (unpaired) electrons. The zero-order chi connectivity index (χ0) is 14.3. The molecule has 0 bridgehead atoms. The molecule has 1 rings (SSSR count). The quantitative estimate of drug-likeness (QED) is 0.746. The van der Waals surface area contributed by atoms with Gasteiger partial charge >= 0.3 is 0 Å². The first-order chi connectivity index (χ1) is 9.10. The molecule has 0 atom stereocenters. The number of nitrogens with zero attached hydrogens (tertiary/aromatic N) is 2. The normalized spacial score (nSPS) is 10.7. The van der Waals surface area contributed by atoms with Crippen LogP contribution in [0.3, 0.4) is 0 Å². The molecule has 0 aliphatic rings. The Labute approximate surface area is 120 Å². The number of hydrogen-bond donors (Lipinski definition) is 1. The molecule has 19 heavy (non-hydrogen) atoms. The van der Waals surface area contributed by atoms with E-state index in [1.165, 1.54) is 17.5 Å². The van der Waals surface area contributed by atoms with E-state index in [4.69, 9.17) is 0 Å². The third-order valence-electron chi connectivity index (χ3n) is 3.06. The Kier molecular flexibility index (Phi) is 6.99. The summed E-state index contributed by atoms with van der Waals surface area (Å²) in [7, 11) is 0. The molecule has 0 spiro atoms. The molecule has 1 aromatic rings. The minimum atomic E-state index is 0.0900. The van der Waals surface area contributed by atoms with Gasteiger partial charge in [-0.15, -0.1) is 0 Å². The highest BCUT2D eigenvalue weighted by atomic mass is 32.2. The second-order valence-corrected chi connectivity index (χ2v) is 5.65. The topological polar surface area (TPSA) is 46.9 Å². The highest BCUT2D eigenvalue weighted by Gasteiger charge is 2.12. The van der Waals surface area contributed by atoms with Gasteiger partial charge in [0.25, 0.3) is 0 Å². The predicted octanol–water partition coefficient (Wildman–Crippen LogP) is 2.92. The van der Waals surface area contributed by atoms with E-state index in [2.05, 4.69) is 35.6 Å². The summed E-state index contributed by atoms with van der Waals surface area (Å²) in [6.07, 6.45) is 3.28. The third-order valence-corrected chi connectivity index (χ3v) is 4.04. The highest BCUT2D eigenvalue weighted by molar-refractivity contribution is 7.99. The Balaban J connectivity index is 2.61. The second kappa shape index (κ2) is 8.25. The number of aryl methyl sites for hydroxylation is 1. The molecule has 1 amide bonds. The number of nitrogens with one attached hydrogen (secondary N) is 1. The number of imidazole rings is 1. The van der Waals surface area contributed by atoms with Crippen LogP contribution in [-0.2, 0) is 11.3 Å². The summed E-state index contributed by atoms with van der Waals surface area (Å²) in [5.41, 5.74) is 2.28. The van der Waals surface area contributed by atoms with Crippen molar-refractivity contribution in [1.82, 2.24) is 14.9 Å². The average Bonchev–Trinajstić information content (AvgIpc) is 2.67. The molecule has 0 fully saturated rings. The average molecular weight is 283 g/mol. The molecule has 0 saturated carbocycles. The van der Waals surface area contributed by atoms with Gasteiger partial charge in [-0.1, -0.05) is 32.0 Å². The van der Waals surface area contributed by atoms with Crippen LogP contribution >= 0.6 is 11.8 Å². The van der Waals surface area contributed by atoms with Crippen molar-refractivity contribution in [2.75, 3.05) is 12.3 Å². The molecule has 5 heteroatoms. The van der Waals surface area contributed by atoms with Gasteiger partial charge in [-0.25, -0.2) is 4.98 Å². The highest BCUT2D eigenvalue weighted by Crippen LogP contribution is 2.21. The molecule has 0 aromatic carbocycles. The van der Waals surface area contributed by atoms with Crippen LogP contribution in [0.1, 0.15) is 44.5 Å². The monoisotopic (exact) mass is 283 g/mol. The van der Waals surface area contributed by atoms with Crippen LogP contribution < -0.4 is 5.32 Å². The predicted molar refractivity (Wildman–Crippen MR) is 80.6 cm³/mol. The minimum Gasteiger partial charge on any atom is -0.355 e. The smallest absolute Gasteiger partial charge is 0.230 e. The summed E-state index contributed by atoms with van der Waals surface area (Å²) in [6, 6.07) is 0. The lowest BCUT2D eigenvalue weighted by Crippen LogP contribution is -2.25. The molecule has 0 aliphatic carbocycles. The van der Waals surface area contributed by atoms with E-state index in [-0.39, 0.29) is 5.91 Å². The standard InChI is InChI=1S/C14H25N3OS/c1-5-7-9-17-12(4)11(3)16-14(17)19-10-13(18)15-8-6-2/h5-10H2,1-4H3,(H,15,18). The number of amides is 1. The van der Waals surface area contributed by atoms with Crippen LogP contribution in [0.4, 0.5) is 0 Å². The number of unbranched alkanes of at least 4 members (excludes halogenated alkanes) is 1. The minimum absolute atomic E-state index is 0.0900. The maximum absolute atomic E-state index is 11.6. The lowest BCUT2D eigenvalue weighted by molar-refractivity contribution is -0.118. The molecule has 1 aromatic heterocycles. The summed E-state index contributed by atoms with van der Waals surface area (Å²) in [6.45, 7) is 10.1. The van der Waals surface area contributed by atoms with Gasteiger partial charge in [0.15, 0.2) is 5.16 Å². The van der Waals surface area contributed by atoms with Crippen molar-refractivity contribution < 1.29 is 4.79 Å². The molecular formula is C14H25N3OS. The van der Waals surface area contributed by atoms with Crippen LogP contribution in [0, 0.1) is 13.8 Å². The molecule has 108 valence electrons. The molecule has 0 saturated heterocycles. The Morgan fingerprint density at radius 1 is 1.32 bits per heavy atom. The van der Waals surface area contributed by atoms with E-state index in [9.17, 15) is 4.79 Å². The zero-order valence-electron chi connectivity index (χ0n) is 12.5. The molecule has 4 nitrogen and oxygen atoms in total. The van der Waals surface area contributed by atoms with Crippen LogP contribution in [0.5, 0.6) is 0 Å². The fourth-order valence-electron chi connectivity index (χ4n) is 1.76. The largest absolute Gasteiger partial charge is 0.355 e. The van der Waals surface area contributed by atoms with E-state index in [0.29, 0.717) is 5.75 Å². The fraction of sp³-hybridized carbons (Fsp3) is 0.714. The van der Waals surface area contributed by atoms with Crippen molar-refractivity contribution in [2.24, 2.45) is 0 Å². The van der Waals surface area contributed by atoms with Crippen LogP contribution in [-0.4, -0.2) is 27.8 Å². The number of carbonyl (C=O) groups is 1. The van der Waals surface area contributed by atoms with E-state index < -0.39 is 0 Å². The van der Waals surface area contributed by atoms with Crippen molar-refractivity contribution >= 4 is 17.7 Å². The Bertz CT molecular complexity index is 415. The van der Waals surface area contributed by atoms with E-state index in [0.717, 1.165) is 43.2 Å². The first-order valence-electron chi connectivity index (χ1n) is 7.03. The van der Waals surface area contributed by atoms with Crippen molar-refractivity contribution in [3.8, 4) is 0 Å². The Morgan fingerprint density at radius 3 is 2.68 bits per heavy atom. The van der Waals surface area contributed by atoms with Crippen molar-refractivity contribution in [1.29, 1.82) is 0 Å². The zero-order valence-corrected chi connectivity index (χ0v) is 13.3. The van der Waals surface area contributed by atoms with Crippen LogP contribution in [0.2, 0.25) is 0 Å². The van der Waals surface area contributed by atoms with Gasteiger partial charge in [0.05, 0.1) is 11.4 Å². The molecule has 1 heterocycles. The maximum Gasteiger partial charge on any atom is 0.230 e. The lowest BCUT2D eigenvalue weighted by atomic mass is 10.3. The summed E-state index contributed by atoms with van der Waals surface area (Å²) in [5.74, 6) is 0.536. The second-order valence-electron chi connectivity index (χ2n) is 4.71. The summed E-state index contributed by atoms with van der Waals surface area (Å²) in [4.78, 5) is 16.2. The van der Waals surface area contributed by atoms with Gasteiger partial charge in [0.1, 0.15) is 0 Å². The third kappa shape index (κ3) is 4.90. The molecular weight excluding hydrogens is 258 g/mol. The van der Waals surface area contributed by atoms with Crippen LogP contribution in [0.25, 0.3) is 0 Å². The fourth-order valence-corrected chi connectivity index (χ4v) is 2.71. The van der Waals surface area contributed by atoms with Gasteiger partial charge < -0.3 is 9.88 Å². The SMILES string of the molecule is CCCCn1c(SCC(=O)NCCC)nc(C)c1C. The molecule has 1 N–H and O–H groups in total. The number of aromatic nitrogens is 2. The molecule has 0 aliphatic heterocycles. The van der Waals surface area contributed by atoms with Crippen molar-refractivity contribution in [3.05, 3.63) is 11.4 Å². The summed E-state index contributed by atoms with van der Waals surface area (Å²) < 4.78 is 2.23. The summed E-state index contributed by atoms with van der Waals surface area (Å²) >= 11 is 1.53. The first kappa shape index (κ1) is 16.1. The summed E-state index contributed by atoms with van der Waals surface area (Å²) in [5, 5.41) is 3.86. The molecule has 0 unspecified atom stereocenters. The van der Waals surface area contributed by atoms with Gasteiger partial charge in [0, 0.05) is 18.8 Å². The number of thioether (sulfide) groups is 1. The van der Waals surface area contributed by atoms with E-state index >= 15 is 0 Å². The van der Waals surface area contributed by atoms with Gasteiger partial charge in [-0.2, -0.15) is 0 Å². The van der Waals surface area contributed by atoms with E-state index in [1.807, 2.05) is 6.92 Å². The number of rotatable bonds is 8. The first-order valence-corrected chi connectivity index (χ1v) is 8.01. The van der Waals surface area contributed by atoms with Gasteiger partial charge in [-0.3, -0.25) is 4.79 Å². The van der Waals surface area contributed by atoms with Crippen LogP contribution in [0.15, 0.2) is 5.16 Å². The Morgan fingerprint density at radius 2 is 2.05 bits per heavy atom. The maximum atomic E-state index is 11.6. The number of carbonyl (C=O) groups excluding carboxylic acids is 1. The Hall–Kier alpha value is -0.970. The van der Waals surface area contributed by atoms with Gasteiger partial charge in [0.2, 0.25) is 5.91 Å². The van der Waals surface area contributed by atoms with Gasteiger partial charge in [-0.05, 0) is 26.7 Å². The lowest BCUT2D eigenvalue weighted by Gasteiger charge is -2.09. The van der Waals surface area contributed by atoms with E-state index in [1.54, 1.807) is 0 Å². The van der Waals surface area contributed by atoms with Crippen molar-refractivity contribution in [2.45, 2.75) is 58.7 Å².